The van der Waals surface area contributed by atoms with Gasteiger partial charge in [-0.15, -0.1) is 0 Å². The second kappa shape index (κ2) is 6.82. The van der Waals surface area contributed by atoms with E-state index in [1.807, 2.05) is 0 Å². The minimum Gasteiger partial charge on any atom is -0.317 e. The first-order chi connectivity index (χ1) is 12.3. The lowest BCUT2D eigenvalue weighted by Gasteiger charge is -2.14. The van der Waals surface area contributed by atoms with E-state index in [1.165, 1.54) is 33.8 Å². The standard InChI is InChI=1S/C24H21N/c1-19-17-23(21-13-7-3-8-14-21)24(18-20-11-5-2-6-12-20)25(19)22-15-9-4-10-16-22/h2-17H,18H2,1H3. The van der Waals surface area contributed by atoms with Crippen LogP contribution < -0.4 is 0 Å². The van der Waals surface area contributed by atoms with Crippen molar-refractivity contribution in [2.45, 2.75) is 13.3 Å². The lowest BCUT2D eigenvalue weighted by Crippen LogP contribution is -2.03. The molecule has 1 heteroatoms. The van der Waals surface area contributed by atoms with Gasteiger partial charge in [-0.2, -0.15) is 0 Å². The van der Waals surface area contributed by atoms with Gasteiger partial charge in [0, 0.05) is 29.1 Å². The predicted octanol–water partition coefficient (Wildman–Crippen LogP) is 6.04. The Morgan fingerprint density at radius 3 is 1.88 bits per heavy atom. The fraction of sp³-hybridized carbons (Fsp3) is 0.0833. The third-order valence-electron chi connectivity index (χ3n) is 4.60. The Morgan fingerprint density at radius 2 is 1.24 bits per heavy atom. The van der Waals surface area contributed by atoms with Gasteiger partial charge in [0.25, 0.3) is 0 Å². The Balaban J connectivity index is 1.91. The van der Waals surface area contributed by atoms with Gasteiger partial charge in [0.2, 0.25) is 0 Å². The van der Waals surface area contributed by atoms with Gasteiger partial charge in [0.1, 0.15) is 0 Å². The number of nitrogens with zero attached hydrogens (tertiary/aromatic N) is 1. The van der Waals surface area contributed by atoms with Crippen molar-refractivity contribution in [2.24, 2.45) is 0 Å². The quantitative estimate of drug-likeness (QED) is 0.431. The van der Waals surface area contributed by atoms with Crippen LogP contribution in [0.2, 0.25) is 0 Å². The monoisotopic (exact) mass is 323 g/mol. The Hall–Kier alpha value is -3.06. The number of aryl methyl sites for hydroxylation is 1. The van der Waals surface area contributed by atoms with Gasteiger partial charge >= 0.3 is 0 Å². The summed E-state index contributed by atoms with van der Waals surface area (Å²) in [6.45, 7) is 2.19. The summed E-state index contributed by atoms with van der Waals surface area (Å²) in [6.07, 6.45) is 0.911. The van der Waals surface area contributed by atoms with Crippen LogP contribution in [0.25, 0.3) is 16.8 Å². The highest BCUT2D eigenvalue weighted by molar-refractivity contribution is 5.69. The molecule has 0 aliphatic carbocycles. The summed E-state index contributed by atoms with van der Waals surface area (Å²) >= 11 is 0. The Labute approximate surface area is 149 Å². The summed E-state index contributed by atoms with van der Waals surface area (Å²) in [4.78, 5) is 0. The molecule has 0 amide bonds. The van der Waals surface area contributed by atoms with Gasteiger partial charge in [-0.3, -0.25) is 0 Å². The molecule has 0 saturated carbocycles. The summed E-state index contributed by atoms with van der Waals surface area (Å²) < 4.78 is 2.38. The molecule has 0 radical (unpaired) electrons. The van der Waals surface area contributed by atoms with Crippen molar-refractivity contribution in [1.82, 2.24) is 4.57 Å². The number of rotatable bonds is 4. The maximum Gasteiger partial charge on any atom is 0.0455 e. The van der Waals surface area contributed by atoms with Crippen LogP contribution in [0.5, 0.6) is 0 Å². The van der Waals surface area contributed by atoms with E-state index >= 15 is 0 Å². The molecular weight excluding hydrogens is 302 g/mol. The first-order valence-corrected chi connectivity index (χ1v) is 8.69. The average molecular weight is 323 g/mol. The van der Waals surface area contributed by atoms with Crippen molar-refractivity contribution in [2.75, 3.05) is 0 Å². The number of aromatic nitrogens is 1. The molecule has 0 bridgehead atoms. The number of hydrogen-bond acceptors (Lipinski definition) is 0. The van der Waals surface area contributed by atoms with Gasteiger partial charge < -0.3 is 4.57 Å². The minimum atomic E-state index is 0.911. The molecule has 0 saturated heterocycles. The maximum atomic E-state index is 2.38. The fourth-order valence-electron chi connectivity index (χ4n) is 3.46. The van der Waals surface area contributed by atoms with Gasteiger partial charge in [-0.25, -0.2) is 0 Å². The molecule has 3 aromatic carbocycles. The molecule has 1 aromatic heterocycles. The molecule has 0 unspecified atom stereocenters. The van der Waals surface area contributed by atoms with Gasteiger partial charge in [-0.05, 0) is 36.2 Å². The molecule has 122 valence electrons. The Morgan fingerprint density at radius 1 is 0.680 bits per heavy atom. The summed E-state index contributed by atoms with van der Waals surface area (Å²) in [5.41, 5.74) is 7.72. The van der Waals surface area contributed by atoms with Crippen LogP contribution >= 0.6 is 0 Å². The number of para-hydroxylation sites is 1. The SMILES string of the molecule is Cc1cc(-c2ccccc2)c(Cc2ccccc2)n1-c1ccccc1. The average Bonchev–Trinajstić information content (AvgIpc) is 3.00. The third-order valence-corrected chi connectivity index (χ3v) is 4.60. The maximum absolute atomic E-state index is 2.38. The van der Waals surface area contributed by atoms with Crippen molar-refractivity contribution >= 4 is 0 Å². The third kappa shape index (κ3) is 3.14. The van der Waals surface area contributed by atoms with Gasteiger partial charge in [0.15, 0.2) is 0 Å². The van der Waals surface area contributed by atoms with Crippen LogP contribution in [0.3, 0.4) is 0 Å². The molecular formula is C24H21N. The van der Waals surface area contributed by atoms with Crippen molar-refractivity contribution < 1.29 is 0 Å². The molecule has 4 aromatic rings. The summed E-state index contributed by atoms with van der Waals surface area (Å²) in [6, 6.07) is 34.3. The first kappa shape index (κ1) is 15.5. The van der Waals surface area contributed by atoms with E-state index in [0.29, 0.717) is 0 Å². The lowest BCUT2D eigenvalue weighted by molar-refractivity contribution is 0.925. The largest absolute Gasteiger partial charge is 0.317 e. The zero-order valence-electron chi connectivity index (χ0n) is 14.4. The molecule has 0 aliphatic rings. The Kier molecular flexibility index (Phi) is 4.22. The van der Waals surface area contributed by atoms with Crippen LogP contribution in [0.4, 0.5) is 0 Å². The van der Waals surface area contributed by atoms with E-state index in [9.17, 15) is 0 Å². The van der Waals surface area contributed by atoms with Crippen molar-refractivity contribution in [3.8, 4) is 16.8 Å². The van der Waals surface area contributed by atoms with E-state index in [4.69, 9.17) is 0 Å². The molecule has 0 spiro atoms. The first-order valence-electron chi connectivity index (χ1n) is 8.69. The van der Waals surface area contributed by atoms with E-state index in [1.54, 1.807) is 0 Å². The van der Waals surface area contributed by atoms with Crippen LogP contribution in [-0.4, -0.2) is 4.57 Å². The lowest BCUT2D eigenvalue weighted by atomic mass is 10.0. The van der Waals surface area contributed by atoms with Crippen LogP contribution in [0.15, 0.2) is 97.1 Å². The topological polar surface area (TPSA) is 4.93 Å². The Bertz CT molecular complexity index is 951. The molecule has 4 rings (SSSR count). The number of hydrogen-bond donors (Lipinski definition) is 0. The van der Waals surface area contributed by atoms with Crippen LogP contribution in [-0.2, 0) is 6.42 Å². The smallest absolute Gasteiger partial charge is 0.0455 e. The normalized spacial score (nSPS) is 10.8. The minimum absolute atomic E-state index is 0.911. The van der Waals surface area contributed by atoms with Crippen LogP contribution in [0, 0.1) is 6.92 Å². The van der Waals surface area contributed by atoms with Crippen LogP contribution in [0.1, 0.15) is 17.0 Å². The predicted molar refractivity (Wildman–Crippen MR) is 105 cm³/mol. The highest BCUT2D eigenvalue weighted by Gasteiger charge is 2.16. The highest BCUT2D eigenvalue weighted by atomic mass is 15.0. The van der Waals surface area contributed by atoms with E-state index in [0.717, 1.165) is 6.42 Å². The molecule has 25 heavy (non-hydrogen) atoms. The highest BCUT2D eigenvalue weighted by Crippen LogP contribution is 2.31. The van der Waals surface area contributed by atoms with E-state index < -0.39 is 0 Å². The fourth-order valence-corrected chi connectivity index (χ4v) is 3.46. The molecule has 0 N–H and O–H groups in total. The molecule has 0 aliphatic heterocycles. The second-order valence-electron chi connectivity index (χ2n) is 6.35. The second-order valence-corrected chi connectivity index (χ2v) is 6.35. The summed E-state index contributed by atoms with van der Waals surface area (Å²) in [7, 11) is 0. The molecule has 1 heterocycles. The van der Waals surface area contributed by atoms with Crippen molar-refractivity contribution in [3.05, 3.63) is 114 Å². The number of benzene rings is 3. The summed E-state index contributed by atoms with van der Waals surface area (Å²) in [5, 5.41) is 0. The molecule has 0 atom stereocenters. The van der Waals surface area contributed by atoms with Crippen molar-refractivity contribution in [1.29, 1.82) is 0 Å². The van der Waals surface area contributed by atoms with Gasteiger partial charge in [-0.1, -0.05) is 78.9 Å². The van der Waals surface area contributed by atoms with E-state index in [-0.39, 0.29) is 0 Å². The van der Waals surface area contributed by atoms with E-state index in [2.05, 4.69) is 109 Å². The van der Waals surface area contributed by atoms with Crippen molar-refractivity contribution in [3.63, 3.8) is 0 Å². The zero-order chi connectivity index (χ0) is 17.1. The summed E-state index contributed by atoms with van der Waals surface area (Å²) in [5.74, 6) is 0. The molecule has 1 nitrogen and oxygen atoms in total. The molecule has 0 fully saturated rings. The van der Waals surface area contributed by atoms with Gasteiger partial charge in [0.05, 0.1) is 0 Å². The zero-order valence-corrected chi connectivity index (χ0v) is 14.4.